The molecule has 1 aromatic heterocycles. The Kier molecular flexibility index (Phi) is 6.06. The molecular weight excluding hydrogens is 314 g/mol. The summed E-state index contributed by atoms with van der Waals surface area (Å²) in [5, 5.41) is 12.9. The molecule has 7 heteroatoms. The van der Waals surface area contributed by atoms with Gasteiger partial charge in [-0.1, -0.05) is 18.2 Å². The van der Waals surface area contributed by atoms with E-state index >= 15 is 0 Å². The third kappa shape index (κ3) is 4.49. The smallest absolute Gasteiger partial charge is 0.326 e. The fraction of sp³-hybridized carbons (Fsp3) is 0.375. The lowest BCUT2D eigenvalue weighted by atomic mass is 10.0. The molecule has 0 spiro atoms. The van der Waals surface area contributed by atoms with Gasteiger partial charge in [0.1, 0.15) is 6.04 Å². The molecule has 124 valence electrons. The zero-order chi connectivity index (χ0) is 16.8. The summed E-state index contributed by atoms with van der Waals surface area (Å²) in [4.78, 5) is 26.6. The van der Waals surface area contributed by atoms with Crippen LogP contribution < -0.4 is 11.1 Å². The number of para-hydroxylation sites is 1. The molecule has 0 aliphatic heterocycles. The van der Waals surface area contributed by atoms with Crippen molar-refractivity contribution in [3.63, 3.8) is 0 Å². The maximum Gasteiger partial charge on any atom is 0.326 e. The molecule has 0 fully saturated rings. The number of aromatic amines is 1. The zero-order valence-corrected chi connectivity index (χ0v) is 13.7. The average molecular weight is 335 g/mol. The van der Waals surface area contributed by atoms with Crippen LogP contribution in [0.25, 0.3) is 10.9 Å². The number of nitrogens with two attached hydrogens (primary N) is 1. The predicted molar refractivity (Wildman–Crippen MR) is 92.5 cm³/mol. The van der Waals surface area contributed by atoms with Gasteiger partial charge in [-0.2, -0.15) is 11.8 Å². The lowest BCUT2D eigenvalue weighted by Gasteiger charge is -2.17. The van der Waals surface area contributed by atoms with E-state index in [4.69, 9.17) is 5.73 Å². The summed E-state index contributed by atoms with van der Waals surface area (Å²) in [7, 11) is 0. The van der Waals surface area contributed by atoms with Gasteiger partial charge in [0.05, 0.1) is 6.04 Å². The lowest BCUT2D eigenvalue weighted by Crippen LogP contribution is -2.49. The number of rotatable bonds is 8. The monoisotopic (exact) mass is 335 g/mol. The molecule has 1 amide bonds. The fourth-order valence-corrected chi connectivity index (χ4v) is 2.86. The molecule has 0 bridgehead atoms. The molecule has 6 nitrogen and oxygen atoms in total. The van der Waals surface area contributed by atoms with E-state index in [2.05, 4.69) is 10.3 Å². The van der Waals surface area contributed by atoms with Gasteiger partial charge in [0.2, 0.25) is 5.91 Å². The Morgan fingerprint density at radius 2 is 2.13 bits per heavy atom. The maximum absolute atomic E-state index is 12.0. The number of amides is 1. The Labute approximate surface area is 138 Å². The van der Waals surface area contributed by atoms with E-state index in [1.807, 2.05) is 30.5 Å². The van der Waals surface area contributed by atoms with Crippen LogP contribution >= 0.6 is 11.8 Å². The zero-order valence-electron chi connectivity index (χ0n) is 12.9. The number of carboxylic acids is 1. The molecule has 23 heavy (non-hydrogen) atoms. The van der Waals surface area contributed by atoms with Crippen LogP contribution in [0.2, 0.25) is 0 Å². The van der Waals surface area contributed by atoms with Crippen LogP contribution in [0.1, 0.15) is 12.0 Å². The highest BCUT2D eigenvalue weighted by Gasteiger charge is 2.24. The van der Waals surface area contributed by atoms with Crippen molar-refractivity contribution >= 4 is 34.5 Å². The molecule has 0 radical (unpaired) electrons. The summed E-state index contributed by atoms with van der Waals surface area (Å²) in [6.45, 7) is 0. The number of benzene rings is 1. The van der Waals surface area contributed by atoms with Crippen LogP contribution in [0.3, 0.4) is 0 Å². The van der Waals surface area contributed by atoms with Gasteiger partial charge in [0.25, 0.3) is 0 Å². The minimum absolute atomic E-state index is 0.209. The van der Waals surface area contributed by atoms with Crippen LogP contribution in [0.4, 0.5) is 0 Å². The quantitative estimate of drug-likeness (QED) is 0.582. The van der Waals surface area contributed by atoms with E-state index in [0.717, 1.165) is 22.2 Å². The summed E-state index contributed by atoms with van der Waals surface area (Å²) in [6, 6.07) is 5.96. The van der Waals surface area contributed by atoms with Crippen molar-refractivity contribution in [3.8, 4) is 0 Å². The molecule has 0 unspecified atom stereocenters. The van der Waals surface area contributed by atoms with Crippen LogP contribution in [0.15, 0.2) is 30.5 Å². The number of H-pyrrole nitrogens is 1. The molecular formula is C16H21N3O3S. The van der Waals surface area contributed by atoms with Gasteiger partial charge in [-0.25, -0.2) is 4.79 Å². The van der Waals surface area contributed by atoms with E-state index < -0.39 is 24.0 Å². The average Bonchev–Trinajstić information content (AvgIpc) is 2.95. The van der Waals surface area contributed by atoms with E-state index in [-0.39, 0.29) is 6.42 Å². The third-order valence-corrected chi connectivity index (χ3v) is 4.33. The second kappa shape index (κ2) is 8.03. The normalized spacial score (nSPS) is 13.7. The highest BCUT2D eigenvalue weighted by atomic mass is 32.2. The van der Waals surface area contributed by atoms with Gasteiger partial charge in [-0.05, 0) is 30.1 Å². The van der Waals surface area contributed by atoms with Crippen LogP contribution in [-0.2, 0) is 16.0 Å². The molecule has 2 atom stereocenters. The first kappa shape index (κ1) is 17.4. The van der Waals surface area contributed by atoms with Crippen molar-refractivity contribution in [2.24, 2.45) is 5.73 Å². The van der Waals surface area contributed by atoms with Gasteiger partial charge in [-0.15, -0.1) is 0 Å². The second-order valence-electron chi connectivity index (χ2n) is 5.35. The highest BCUT2D eigenvalue weighted by Crippen LogP contribution is 2.19. The summed E-state index contributed by atoms with van der Waals surface area (Å²) in [5.41, 5.74) is 7.58. The van der Waals surface area contributed by atoms with Crippen LogP contribution in [0.5, 0.6) is 0 Å². The summed E-state index contributed by atoms with van der Waals surface area (Å²) >= 11 is 1.60. The lowest BCUT2D eigenvalue weighted by molar-refractivity contribution is -0.141. The Balaban J connectivity index is 2.07. The SMILES string of the molecule is CSCC[C@H](N)C(=O)N[C@H](Cc1c[nH]c2ccccc12)C(=O)O. The molecule has 5 N–H and O–H groups in total. The Morgan fingerprint density at radius 1 is 1.39 bits per heavy atom. The molecule has 0 aliphatic carbocycles. The first-order chi connectivity index (χ1) is 11.0. The van der Waals surface area contributed by atoms with E-state index in [1.54, 1.807) is 18.0 Å². The third-order valence-electron chi connectivity index (χ3n) is 3.68. The van der Waals surface area contributed by atoms with Gasteiger partial charge >= 0.3 is 5.97 Å². The van der Waals surface area contributed by atoms with Gasteiger partial charge < -0.3 is 21.1 Å². The molecule has 1 aromatic carbocycles. The predicted octanol–water partition coefficient (Wildman–Crippen LogP) is 1.36. The minimum atomic E-state index is -1.07. The molecule has 2 aromatic rings. The molecule has 1 heterocycles. The van der Waals surface area contributed by atoms with Gasteiger partial charge in [-0.3, -0.25) is 4.79 Å². The van der Waals surface area contributed by atoms with Crippen LogP contribution in [-0.4, -0.2) is 46.1 Å². The van der Waals surface area contributed by atoms with Crippen molar-refractivity contribution in [1.29, 1.82) is 0 Å². The van der Waals surface area contributed by atoms with Crippen molar-refractivity contribution in [2.45, 2.75) is 24.9 Å². The number of aliphatic carboxylic acids is 1. The summed E-state index contributed by atoms with van der Waals surface area (Å²) in [6.07, 6.45) is 4.44. The van der Waals surface area contributed by atoms with Crippen molar-refractivity contribution < 1.29 is 14.7 Å². The topological polar surface area (TPSA) is 108 Å². The number of carbonyl (C=O) groups is 2. The molecule has 0 saturated heterocycles. The largest absolute Gasteiger partial charge is 0.480 e. The van der Waals surface area contributed by atoms with Crippen molar-refractivity contribution in [1.82, 2.24) is 10.3 Å². The summed E-state index contributed by atoms with van der Waals surface area (Å²) < 4.78 is 0. The highest BCUT2D eigenvalue weighted by molar-refractivity contribution is 7.98. The Morgan fingerprint density at radius 3 is 2.83 bits per heavy atom. The number of carboxylic acid groups (broad SMARTS) is 1. The van der Waals surface area contributed by atoms with Crippen LogP contribution in [0, 0.1) is 0 Å². The maximum atomic E-state index is 12.0. The van der Waals surface area contributed by atoms with Crippen molar-refractivity contribution in [2.75, 3.05) is 12.0 Å². The standard InChI is InChI=1S/C16H21N3O3S/c1-23-7-6-12(17)15(20)19-14(16(21)22)8-10-9-18-13-5-3-2-4-11(10)13/h2-5,9,12,14,18H,6-8,17H2,1H3,(H,19,20)(H,21,22)/t12-,14+/m0/s1. The second-order valence-corrected chi connectivity index (χ2v) is 6.34. The molecule has 0 saturated carbocycles. The number of carbonyl (C=O) groups excluding carboxylic acids is 1. The van der Waals surface area contributed by atoms with Crippen molar-refractivity contribution in [3.05, 3.63) is 36.0 Å². The first-order valence-electron chi connectivity index (χ1n) is 7.35. The van der Waals surface area contributed by atoms with Gasteiger partial charge in [0.15, 0.2) is 0 Å². The van der Waals surface area contributed by atoms with E-state index in [1.165, 1.54) is 0 Å². The minimum Gasteiger partial charge on any atom is -0.480 e. The number of hydrogen-bond acceptors (Lipinski definition) is 4. The number of hydrogen-bond donors (Lipinski definition) is 4. The summed E-state index contributed by atoms with van der Waals surface area (Å²) in [5.74, 6) is -0.735. The van der Waals surface area contributed by atoms with E-state index in [9.17, 15) is 14.7 Å². The Hall–Kier alpha value is -1.99. The number of fused-ring (bicyclic) bond motifs is 1. The number of nitrogens with one attached hydrogen (secondary N) is 2. The molecule has 2 rings (SSSR count). The number of aromatic nitrogens is 1. The Bertz CT molecular complexity index is 686. The number of thioether (sulfide) groups is 1. The fourth-order valence-electron chi connectivity index (χ4n) is 2.38. The van der Waals surface area contributed by atoms with Gasteiger partial charge in [0, 0.05) is 23.5 Å². The molecule has 0 aliphatic rings. The first-order valence-corrected chi connectivity index (χ1v) is 8.75. The van der Waals surface area contributed by atoms with E-state index in [0.29, 0.717) is 6.42 Å².